The first kappa shape index (κ1) is 24.2. The van der Waals surface area contributed by atoms with Crippen LogP contribution in [0.25, 0.3) is 0 Å². The molecule has 1 N–H and O–H groups in total. The van der Waals surface area contributed by atoms with Crippen LogP contribution in [0, 0.1) is 17.6 Å². The Morgan fingerprint density at radius 1 is 1.21 bits per heavy atom. The lowest BCUT2D eigenvalue weighted by atomic mass is 10.1. The summed E-state index contributed by atoms with van der Waals surface area (Å²) in [5.74, 6) is -0.610. The normalized spacial score (nSPS) is 19.7. The molecule has 0 bridgehead atoms. The van der Waals surface area contributed by atoms with Crippen LogP contribution in [0.4, 0.5) is 8.78 Å². The highest BCUT2D eigenvalue weighted by Crippen LogP contribution is 2.32. The van der Waals surface area contributed by atoms with Crippen molar-refractivity contribution in [2.24, 2.45) is 10.9 Å². The van der Waals surface area contributed by atoms with Crippen molar-refractivity contribution in [3.8, 4) is 0 Å². The summed E-state index contributed by atoms with van der Waals surface area (Å²) in [6, 6.07) is 3.42. The topological polar surface area (TPSA) is 47.9 Å². The van der Waals surface area contributed by atoms with Gasteiger partial charge in [0.2, 0.25) is 5.91 Å². The molecule has 0 unspecified atom stereocenters. The Balaban J connectivity index is 1.98. The molecule has 1 amide bonds. The second-order valence-corrected chi connectivity index (χ2v) is 8.20. The van der Waals surface area contributed by atoms with Crippen LogP contribution >= 0.6 is 0 Å². The van der Waals surface area contributed by atoms with Crippen molar-refractivity contribution in [1.29, 1.82) is 0 Å². The molecular formula is C26H30F2N4O. The first-order valence-electron chi connectivity index (χ1n) is 11.0. The minimum atomic E-state index is -0.663. The first-order valence-corrected chi connectivity index (χ1v) is 11.0. The van der Waals surface area contributed by atoms with Gasteiger partial charge in [0.05, 0.1) is 5.70 Å². The summed E-state index contributed by atoms with van der Waals surface area (Å²) in [6.07, 6.45) is 10.3. The van der Waals surface area contributed by atoms with Crippen LogP contribution in [0.1, 0.15) is 32.3 Å². The van der Waals surface area contributed by atoms with Crippen LogP contribution in [0.15, 0.2) is 83.1 Å². The molecule has 0 saturated heterocycles. The maximum absolute atomic E-state index is 14.3. The number of nitrogens with zero attached hydrogens (tertiary/aromatic N) is 3. The van der Waals surface area contributed by atoms with Crippen molar-refractivity contribution < 1.29 is 13.6 Å². The fourth-order valence-corrected chi connectivity index (χ4v) is 3.92. The fraction of sp³-hybridized carbons (Fsp3) is 0.308. The van der Waals surface area contributed by atoms with E-state index in [0.717, 1.165) is 17.5 Å². The van der Waals surface area contributed by atoms with Gasteiger partial charge in [-0.05, 0) is 43.4 Å². The van der Waals surface area contributed by atoms with E-state index in [0.29, 0.717) is 31.0 Å². The number of amides is 1. The van der Waals surface area contributed by atoms with E-state index >= 15 is 0 Å². The van der Waals surface area contributed by atoms with E-state index in [1.807, 2.05) is 29.2 Å². The molecule has 1 aromatic rings. The Kier molecular flexibility index (Phi) is 7.98. The second kappa shape index (κ2) is 10.9. The largest absolute Gasteiger partial charge is 0.380 e. The molecule has 5 nitrogen and oxygen atoms in total. The van der Waals surface area contributed by atoms with E-state index < -0.39 is 11.6 Å². The molecule has 0 fully saturated rings. The smallest absolute Gasteiger partial charge is 0.223 e. The predicted molar refractivity (Wildman–Crippen MR) is 128 cm³/mol. The van der Waals surface area contributed by atoms with Crippen molar-refractivity contribution >= 4 is 12.6 Å². The van der Waals surface area contributed by atoms with E-state index in [-0.39, 0.29) is 30.4 Å². The van der Waals surface area contributed by atoms with Gasteiger partial charge in [0, 0.05) is 49.1 Å². The molecule has 33 heavy (non-hydrogen) atoms. The Morgan fingerprint density at radius 3 is 2.64 bits per heavy atom. The van der Waals surface area contributed by atoms with Gasteiger partial charge in [0.15, 0.2) is 5.82 Å². The predicted octanol–water partition coefficient (Wildman–Crippen LogP) is 5.03. The molecule has 0 aliphatic carbocycles. The number of hydrogen-bond donors (Lipinski definition) is 1. The van der Waals surface area contributed by atoms with E-state index in [1.54, 1.807) is 11.0 Å². The van der Waals surface area contributed by atoms with Gasteiger partial charge in [-0.3, -0.25) is 4.79 Å². The average molecular weight is 453 g/mol. The number of halogens is 2. The van der Waals surface area contributed by atoms with E-state index in [4.69, 9.17) is 0 Å². The van der Waals surface area contributed by atoms with Gasteiger partial charge in [-0.1, -0.05) is 38.6 Å². The van der Waals surface area contributed by atoms with Crippen molar-refractivity contribution in [3.63, 3.8) is 0 Å². The maximum Gasteiger partial charge on any atom is 0.223 e. The maximum atomic E-state index is 14.3. The lowest BCUT2D eigenvalue weighted by Gasteiger charge is -2.32. The monoisotopic (exact) mass is 452 g/mol. The number of benzene rings is 1. The number of carbonyl (C=O) groups is 1. The first-order chi connectivity index (χ1) is 15.8. The van der Waals surface area contributed by atoms with Gasteiger partial charge in [-0.2, -0.15) is 0 Å². The van der Waals surface area contributed by atoms with Gasteiger partial charge in [-0.15, -0.1) is 0 Å². The molecular weight excluding hydrogens is 422 g/mol. The Hall–Kier alpha value is -3.48. The van der Waals surface area contributed by atoms with Crippen LogP contribution in [-0.4, -0.2) is 35.5 Å². The fourth-order valence-electron chi connectivity index (χ4n) is 3.92. The molecule has 174 valence electrons. The Bertz CT molecular complexity index is 1050. The van der Waals surface area contributed by atoms with Crippen molar-refractivity contribution in [2.45, 2.75) is 33.2 Å². The van der Waals surface area contributed by atoms with Crippen molar-refractivity contribution in [2.75, 3.05) is 13.1 Å². The Labute approximate surface area is 194 Å². The number of hydrogen-bond acceptors (Lipinski definition) is 4. The summed E-state index contributed by atoms with van der Waals surface area (Å²) in [5, 5.41) is 3.30. The lowest BCUT2D eigenvalue weighted by Crippen LogP contribution is -2.36. The van der Waals surface area contributed by atoms with Crippen LogP contribution in [0.3, 0.4) is 0 Å². The van der Waals surface area contributed by atoms with Gasteiger partial charge < -0.3 is 15.1 Å². The van der Waals surface area contributed by atoms with E-state index in [1.165, 1.54) is 12.1 Å². The molecule has 2 aliphatic rings. The van der Waals surface area contributed by atoms with Gasteiger partial charge >= 0.3 is 0 Å². The summed E-state index contributed by atoms with van der Waals surface area (Å²) < 4.78 is 27.6. The molecule has 0 atom stereocenters. The summed E-state index contributed by atoms with van der Waals surface area (Å²) in [7, 11) is 0. The molecule has 2 heterocycles. The third-order valence-corrected chi connectivity index (χ3v) is 5.63. The minimum Gasteiger partial charge on any atom is -0.380 e. The summed E-state index contributed by atoms with van der Waals surface area (Å²) in [5.41, 5.74) is 2.88. The number of carbonyl (C=O) groups excluding carboxylic acids is 1. The zero-order valence-electron chi connectivity index (χ0n) is 19.2. The minimum absolute atomic E-state index is 0.0616. The summed E-state index contributed by atoms with van der Waals surface area (Å²) in [4.78, 5) is 21.1. The van der Waals surface area contributed by atoms with E-state index in [9.17, 15) is 13.6 Å². The van der Waals surface area contributed by atoms with Crippen LogP contribution in [0.2, 0.25) is 0 Å². The van der Waals surface area contributed by atoms with Gasteiger partial charge in [-0.25, -0.2) is 13.8 Å². The standard InChI is InChI=1S/C26H30F2N4O/c1-5-23-26(29-4)32-21(8-6-7-9-24(32)18(2)3)12-13-25(33)31(15-14-30-23)17-19-10-11-20(27)16-22(19)28/h5-11,16,18,30H,1,4,12-15,17H2,2-3H3/b26-23-. The quantitative estimate of drug-likeness (QED) is 0.638. The third kappa shape index (κ3) is 5.66. The molecule has 7 heteroatoms. The molecule has 2 aliphatic heterocycles. The van der Waals surface area contributed by atoms with Gasteiger partial charge in [0.25, 0.3) is 0 Å². The second-order valence-electron chi connectivity index (χ2n) is 8.20. The van der Waals surface area contributed by atoms with Crippen molar-refractivity contribution in [1.82, 2.24) is 15.1 Å². The van der Waals surface area contributed by atoms with Crippen molar-refractivity contribution in [3.05, 3.63) is 95.3 Å². The zero-order chi connectivity index (χ0) is 24.0. The zero-order valence-corrected chi connectivity index (χ0v) is 19.2. The number of aliphatic imine (C=N–C) groups is 1. The number of rotatable bonds is 5. The number of fused-ring (bicyclic) bond motifs is 1. The van der Waals surface area contributed by atoms with Gasteiger partial charge in [0.1, 0.15) is 11.6 Å². The Morgan fingerprint density at radius 2 is 1.97 bits per heavy atom. The molecule has 0 saturated carbocycles. The van der Waals surface area contributed by atoms with Crippen LogP contribution in [-0.2, 0) is 11.3 Å². The SMILES string of the molecule is C=C/C1=C(\N=C)N2C(=CC=CC=C2C(C)C)CCC(=O)N(Cc2ccc(F)cc2F)CCN1. The average Bonchev–Trinajstić information content (AvgIpc) is 3.00. The molecule has 0 radical (unpaired) electrons. The number of allylic oxidation sites excluding steroid dienone is 7. The molecule has 3 rings (SSSR count). The number of nitrogens with one attached hydrogen (secondary N) is 1. The summed E-state index contributed by atoms with van der Waals surface area (Å²) in [6.45, 7) is 12.7. The molecule has 0 aromatic heterocycles. The highest BCUT2D eigenvalue weighted by molar-refractivity contribution is 5.76. The highest BCUT2D eigenvalue weighted by Gasteiger charge is 2.26. The van der Waals surface area contributed by atoms with Crippen LogP contribution in [0.5, 0.6) is 0 Å². The van der Waals surface area contributed by atoms with Crippen LogP contribution < -0.4 is 5.32 Å². The lowest BCUT2D eigenvalue weighted by molar-refractivity contribution is -0.131. The summed E-state index contributed by atoms with van der Waals surface area (Å²) >= 11 is 0. The van der Waals surface area contributed by atoms with E-state index in [2.05, 4.69) is 37.5 Å². The third-order valence-electron chi connectivity index (χ3n) is 5.63. The molecule has 1 aromatic carbocycles. The molecule has 0 spiro atoms. The highest BCUT2D eigenvalue weighted by atomic mass is 19.1.